The molecule has 0 aromatic heterocycles. The van der Waals surface area contributed by atoms with Crippen LogP contribution in [0, 0.1) is 0 Å². The Hall–Kier alpha value is -0.440. The first-order valence-corrected chi connectivity index (χ1v) is 11.8. The minimum absolute atomic E-state index is 0.205. The second kappa shape index (κ2) is 19.9. The fourth-order valence-corrected chi connectivity index (χ4v) is 3.97. The van der Waals surface area contributed by atoms with E-state index < -0.39 is 5.97 Å². The fraction of sp³-hybridized carbons (Fsp3) is 0.864. The smallest absolute Gasteiger partial charge is 0.316 e. The van der Waals surface area contributed by atoms with Crippen molar-refractivity contribution in [2.24, 2.45) is 0 Å². The van der Waals surface area contributed by atoms with Crippen molar-refractivity contribution in [1.29, 1.82) is 0 Å². The first-order valence-electron chi connectivity index (χ1n) is 10.7. The molecule has 0 aromatic carbocycles. The molecular weight excluding hydrogens is 328 g/mol. The van der Waals surface area contributed by atoms with Gasteiger partial charge < -0.3 is 5.11 Å². The zero-order chi connectivity index (χ0) is 18.6. The summed E-state index contributed by atoms with van der Waals surface area (Å²) in [6, 6.07) is 0. The van der Waals surface area contributed by atoms with Crippen molar-refractivity contribution in [3.63, 3.8) is 0 Å². The molecule has 0 bridgehead atoms. The number of hydrogen-bond acceptors (Lipinski definition) is 2. The summed E-state index contributed by atoms with van der Waals surface area (Å²) in [5, 5.41) is 8.78. The second-order valence-corrected chi connectivity index (χ2v) is 8.35. The van der Waals surface area contributed by atoms with Crippen LogP contribution < -0.4 is 0 Å². The molecule has 25 heavy (non-hydrogen) atoms. The Morgan fingerprint density at radius 2 is 1.28 bits per heavy atom. The van der Waals surface area contributed by atoms with Crippen molar-refractivity contribution in [2.75, 3.05) is 5.75 Å². The molecule has 0 saturated heterocycles. The van der Waals surface area contributed by atoms with Crippen molar-refractivity contribution in [3.8, 4) is 0 Å². The summed E-state index contributed by atoms with van der Waals surface area (Å²) in [6.45, 7) is 4.22. The van der Waals surface area contributed by atoms with Gasteiger partial charge >= 0.3 is 5.97 Å². The van der Waals surface area contributed by atoms with Crippen molar-refractivity contribution in [1.82, 2.24) is 0 Å². The first kappa shape index (κ1) is 24.6. The van der Waals surface area contributed by atoms with Gasteiger partial charge in [0.05, 0.1) is 0 Å². The van der Waals surface area contributed by atoms with Crippen LogP contribution in [-0.4, -0.2) is 22.1 Å². The predicted octanol–water partition coefficient (Wildman–Crippen LogP) is 7.62. The number of unbranched alkanes of at least 4 members (excludes halogenated alkanes) is 12. The maximum atomic E-state index is 10.9. The molecular formula is C22H42O2S. The standard InChI is InChI=1S/C22H42O2S/c1-3-5-6-7-8-9-10-11-12-13-14-15-16-17-18-19-20-25-21(4-2)22(23)24/h11-12,21H,3-10,13-20H2,1-2H3,(H,23,24)/b12-11-. The average Bonchev–Trinajstić information content (AvgIpc) is 2.60. The molecule has 1 unspecified atom stereocenters. The number of carboxylic acids is 1. The zero-order valence-corrected chi connectivity index (χ0v) is 17.6. The van der Waals surface area contributed by atoms with Crippen LogP contribution in [0.4, 0.5) is 0 Å². The van der Waals surface area contributed by atoms with E-state index >= 15 is 0 Å². The summed E-state index contributed by atoms with van der Waals surface area (Å²) < 4.78 is 0. The van der Waals surface area contributed by atoms with Gasteiger partial charge in [-0.1, -0.05) is 83.8 Å². The van der Waals surface area contributed by atoms with E-state index in [1.165, 1.54) is 83.5 Å². The number of rotatable bonds is 19. The SMILES string of the molecule is CCCCCCCC/C=C\CCCCCCCCSC(CC)C(=O)O. The lowest BCUT2D eigenvalue weighted by molar-refractivity contribution is -0.136. The Balaban J connectivity index is 3.20. The van der Waals surface area contributed by atoms with Gasteiger partial charge in [0.1, 0.15) is 5.25 Å². The molecule has 0 radical (unpaired) electrons. The summed E-state index contributed by atoms with van der Waals surface area (Å²) in [6.07, 6.45) is 24.0. The zero-order valence-electron chi connectivity index (χ0n) is 16.8. The van der Waals surface area contributed by atoms with Crippen LogP contribution >= 0.6 is 11.8 Å². The predicted molar refractivity (Wildman–Crippen MR) is 114 cm³/mol. The third kappa shape index (κ3) is 18.2. The summed E-state index contributed by atoms with van der Waals surface area (Å²) in [5.41, 5.74) is 0. The van der Waals surface area contributed by atoms with E-state index in [4.69, 9.17) is 5.11 Å². The Labute approximate surface area is 161 Å². The molecule has 2 nitrogen and oxygen atoms in total. The maximum absolute atomic E-state index is 10.9. The third-order valence-electron chi connectivity index (χ3n) is 4.62. The maximum Gasteiger partial charge on any atom is 0.316 e. The lowest BCUT2D eigenvalue weighted by atomic mass is 10.1. The number of carbonyl (C=O) groups is 1. The van der Waals surface area contributed by atoms with Crippen molar-refractivity contribution in [3.05, 3.63) is 12.2 Å². The Morgan fingerprint density at radius 1 is 0.800 bits per heavy atom. The van der Waals surface area contributed by atoms with Gasteiger partial charge in [0.2, 0.25) is 0 Å². The van der Waals surface area contributed by atoms with E-state index in [-0.39, 0.29) is 5.25 Å². The lowest BCUT2D eigenvalue weighted by Gasteiger charge is -2.08. The average molecular weight is 371 g/mol. The molecule has 0 aromatic rings. The molecule has 3 heteroatoms. The Bertz CT molecular complexity index is 315. The van der Waals surface area contributed by atoms with Crippen molar-refractivity contribution in [2.45, 2.75) is 115 Å². The highest BCUT2D eigenvalue weighted by atomic mass is 32.2. The van der Waals surface area contributed by atoms with Crippen LogP contribution in [0.15, 0.2) is 12.2 Å². The second-order valence-electron chi connectivity index (χ2n) is 7.04. The van der Waals surface area contributed by atoms with Crippen molar-refractivity contribution >= 4 is 17.7 Å². The summed E-state index contributed by atoms with van der Waals surface area (Å²) in [7, 11) is 0. The van der Waals surface area contributed by atoms with Gasteiger partial charge in [0.25, 0.3) is 0 Å². The van der Waals surface area contributed by atoms with Gasteiger partial charge in [-0.05, 0) is 44.3 Å². The highest BCUT2D eigenvalue weighted by Crippen LogP contribution is 2.18. The molecule has 148 valence electrons. The normalized spacial score (nSPS) is 12.7. The number of carboxylic acid groups (broad SMARTS) is 1. The van der Waals surface area contributed by atoms with Crippen LogP contribution in [-0.2, 0) is 4.79 Å². The van der Waals surface area contributed by atoms with E-state index in [1.807, 2.05) is 6.92 Å². The Morgan fingerprint density at radius 3 is 1.76 bits per heavy atom. The molecule has 1 N–H and O–H groups in total. The number of aliphatic carboxylic acids is 1. The minimum atomic E-state index is -0.656. The molecule has 0 heterocycles. The van der Waals surface area contributed by atoms with Crippen LogP contribution in [0.25, 0.3) is 0 Å². The Kier molecular flexibility index (Phi) is 19.5. The topological polar surface area (TPSA) is 37.3 Å². The van der Waals surface area contributed by atoms with E-state index in [2.05, 4.69) is 19.1 Å². The van der Waals surface area contributed by atoms with Gasteiger partial charge in [-0.25, -0.2) is 0 Å². The molecule has 0 rings (SSSR count). The highest BCUT2D eigenvalue weighted by molar-refractivity contribution is 8.00. The van der Waals surface area contributed by atoms with Gasteiger partial charge in [-0.2, -0.15) is 0 Å². The van der Waals surface area contributed by atoms with Gasteiger partial charge in [0.15, 0.2) is 0 Å². The molecule has 0 fully saturated rings. The van der Waals surface area contributed by atoms with Crippen LogP contribution in [0.1, 0.15) is 110 Å². The number of allylic oxidation sites excluding steroid dienone is 2. The number of hydrogen-bond donors (Lipinski definition) is 1. The summed E-state index contributed by atoms with van der Waals surface area (Å²) in [5.74, 6) is 0.337. The van der Waals surface area contributed by atoms with Gasteiger partial charge in [-0.3, -0.25) is 4.79 Å². The first-order chi connectivity index (χ1) is 12.2. The molecule has 0 amide bonds. The molecule has 0 aliphatic heterocycles. The van der Waals surface area contributed by atoms with E-state index in [9.17, 15) is 4.79 Å². The van der Waals surface area contributed by atoms with Crippen molar-refractivity contribution < 1.29 is 9.90 Å². The van der Waals surface area contributed by atoms with Crippen LogP contribution in [0.2, 0.25) is 0 Å². The third-order valence-corrected chi connectivity index (χ3v) is 6.08. The van der Waals surface area contributed by atoms with Crippen LogP contribution in [0.3, 0.4) is 0 Å². The molecule has 1 atom stereocenters. The minimum Gasteiger partial charge on any atom is -0.480 e. The van der Waals surface area contributed by atoms with Crippen LogP contribution in [0.5, 0.6) is 0 Å². The van der Waals surface area contributed by atoms with E-state index in [1.54, 1.807) is 11.8 Å². The van der Waals surface area contributed by atoms with Gasteiger partial charge in [0, 0.05) is 0 Å². The van der Waals surface area contributed by atoms with E-state index in [0.717, 1.165) is 18.6 Å². The quantitative estimate of drug-likeness (QED) is 0.188. The lowest BCUT2D eigenvalue weighted by Crippen LogP contribution is -2.15. The molecule has 0 saturated carbocycles. The number of thioether (sulfide) groups is 1. The van der Waals surface area contributed by atoms with E-state index in [0.29, 0.717) is 0 Å². The molecule has 0 aliphatic rings. The summed E-state index contributed by atoms with van der Waals surface area (Å²) in [4.78, 5) is 10.9. The molecule has 0 aliphatic carbocycles. The largest absolute Gasteiger partial charge is 0.480 e. The monoisotopic (exact) mass is 370 g/mol. The van der Waals surface area contributed by atoms with Gasteiger partial charge in [-0.15, -0.1) is 11.8 Å². The highest BCUT2D eigenvalue weighted by Gasteiger charge is 2.14. The fourth-order valence-electron chi connectivity index (χ4n) is 2.94. The molecule has 0 spiro atoms. The summed E-state index contributed by atoms with van der Waals surface area (Å²) >= 11 is 1.61.